The van der Waals surface area contributed by atoms with Crippen molar-refractivity contribution in [2.75, 3.05) is 7.11 Å². The van der Waals surface area contributed by atoms with Crippen LogP contribution in [0.5, 0.6) is 11.5 Å². The fourth-order valence-electron chi connectivity index (χ4n) is 1.05. The first-order valence-corrected chi connectivity index (χ1v) is 4.77. The zero-order valence-electron chi connectivity index (χ0n) is 8.11. The molecule has 0 amide bonds. The predicted molar refractivity (Wildman–Crippen MR) is 57.0 cm³/mol. The summed E-state index contributed by atoms with van der Waals surface area (Å²) in [5, 5.41) is 0. The number of rotatable bonds is 3. The van der Waals surface area contributed by atoms with E-state index in [-0.39, 0.29) is 5.97 Å². The van der Waals surface area contributed by atoms with Crippen molar-refractivity contribution in [2.45, 2.75) is 12.7 Å². The lowest BCUT2D eigenvalue weighted by Gasteiger charge is -2.08. The fourth-order valence-corrected chi connectivity index (χ4v) is 1.25. The van der Waals surface area contributed by atoms with Crippen LogP contribution in [-0.2, 0) is 10.5 Å². The summed E-state index contributed by atoms with van der Waals surface area (Å²) in [4.78, 5) is 10.8. The van der Waals surface area contributed by atoms with Gasteiger partial charge in [0.25, 0.3) is 0 Å². The number of benzene rings is 1. The minimum atomic E-state index is -0.361. The van der Waals surface area contributed by atoms with E-state index in [0.29, 0.717) is 17.3 Å². The van der Waals surface area contributed by atoms with Crippen molar-refractivity contribution in [3.8, 4) is 11.5 Å². The van der Waals surface area contributed by atoms with Gasteiger partial charge in [0.05, 0.1) is 7.11 Å². The van der Waals surface area contributed by atoms with Gasteiger partial charge in [-0.3, -0.25) is 4.79 Å². The number of esters is 1. The Hall–Kier alpha value is -1.16. The minimum Gasteiger partial charge on any atom is -0.493 e. The van der Waals surface area contributed by atoms with Gasteiger partial charge >= 0.3 is 5.97 Å². The maximum atomic E-state index is 10.8. The molecule has 0 N–H and O–H groups in total. The van der Waals surface area contributed by atoms with E-state index < -0.39 is 0 Å². The van der Waals surface area contributed by atoms with E-state index in [9.17, 15) is 4.79 Å². The zero-order chi connectivity index (χ0) is 10.6. The Morgan fingerprint density at radius 1 is 1.43 bits per heavy atom. The molecule has 0 spiro atoms. The maximum Gasteiger partial charge on any atom is 0.308 e. The molecule has 0 fully saturated rings. The largest absolute Gasteiger partial charge is 0.493 e. The van der Waals surface area contributed by atoms with Crippen LogP contribution in [0.25, 0.3) is 0 Å². The summed E-state index contributed by atoms with van der Waals surface area (Å²) in [5.74, 6) is 1.22. The first kappa shape index (κ1) is 10.9. The third-order valence-corrected chi connectivity index (χ3v) is 2.03. The van der Waals surface area contributed by atoms with Gasteiger partial charge in [-0.05, 0) is 17.7 Å². The highest BCUT2D eigenvalue weighted by atomic mass is 32.1. The van der Waals surface area contributed by atoms with Crippen LogP contribution < -0.4 is 9.47 Å². The van der Waals surface area contributed by atoms with E-state index >= 15 is 0 Å². The van der Waals surface area contributed by atoms with E-state index in [4.69, 9.17) is 9.47 Å². The van der Waals surface area contributed by atoms with Gasteiger partial charge in [-0.2, -0.15) is 12.6 Å². The van der Waals surface area contributed by atoms with Crippen molar-refractivity contribution in [2.24, 2.45) is 0 Å². The van der Waals surface area contributed by atoms with Crippen LogP contribution in [-0.4, -0.2) is 13.1 Å². The lowest BCUT2D eigenvalue weighted by atomic mass is 10.2. The van der Waals surface area contributed by atoms with Crippen molar-refractivity contribution in [1.82, 2.24) is 0 Å². The second-order valence-electron chi connectivity index (χ2n) is 2.74. The molecule has 0 heterocycles. The van der Waals surface area contributed by atoms with E-state index in [1.165, 1.54) is 14.0 Å². The molecule has 0 aliphatic heterocycles. The van der Waals surface area contributed by atoms with Crippen LogP contribution in [0.15, 0.2) is 18.2 Å². The summed E-state index contributed by atoms with van der Waals surface area (Å²) in [6.45, 7) is 1.35. The third-order valence-electron chi connectivity index (χ3n) is 1.66. The average molecular weight is 212 g/mol. The van der Waals surface area contributed by atoms with Gasteiger partial charge in [-0.1, -0.05) is 6.07 Å². The van der Waals surface area contributed by atoms with Crippen LogP contribution in [0.4, 0.5) is 0 Å². The van der Waals surface area contributed by atoms with Gasteiger partial charge in [-0.15, -0.1) is 0 Å². The molecule has 0 aliphatic carbocycles. The second-order valence-corrected chi connectivity index (χ2v) is 3.05. The lowest BCUT2D eigenvalue weighted by Crippen LogP contribution is -2.03. The van der Waals surface area contributed by atoms with Crippen molar-refractivity contribution in [1.29, 1.82) is 0 Å². The summed E-state index contributed by atoms with van der Waals surface area (Å²) in [7, 11) is 1.53. The van der Waals surface area contributed by atoms with Crippen LogP contribution in [0.3, 0.4) is 0 Å². The molecule has 0 aromatic heterocycles. The Kier molecular flexibility index (Phi) is 3.83. The second kappa shape index (κ2) is 4.91. The van der Waals surface area contributed by atoms with Crippen LogP contribution in [0.1, 0.15) is 12.5 Å². The number of carbonyl (C=O) groups excluding carboxylic acids is 1. The Labute approximate surface area is 88.4 Å². The molecule has 0 aliphatic rings. The van der Waals surface area contributed by atoms with Gasteiger partial charge < -0.3 is 9.47 Å². The molecular weight excluding hydrogens is 200 g/mol. The monoisotopic (exact) mass is 212 g/mol. The predicted octanol–water partition coefficient (Wildman–Crippen LogP) is 2.05. The molecule has 76 valence electrons. The quantitative estimate of drug-likeness (QED) is 0.473. The van der Waals surface area contributed by atoms with Gasteiger partial charge in [0.1, 0.15) is 0 Å². The van der Waals surface area contributed by atoms with Crippen LogP contribution in [0.2, 0.25) is 0 Å². The van der Waals surface area contributed by atoms with E-state index in [0.717, 1.165) is 5.56 Å². The molecule has 0 bridgehead atoms. The number of carbonyl (C=O) groups is 1. The summed E-state index contributed by atoms with van der Waals surface area (Å²) in [6, 6.07) is 5.37. The van der Waals surface area contributed by atoms with Crippen LogP contribution in [0, 0.1) is 0 Å². The number of methoxy groups -OCH3 is 1. The first-order chi connectivity index (χ1) is 6.67. The fraction of sp³-hybridized carbons (Fsp3) is 0.300. The van der Waals surface area contributed by atoms with E-state index in [2.05, 4.69) is 12.6 Å². The Bertz CT molecular complexity index is 336. The summed E-state index contributed by atoms with van der Waals surface area (Å²) in [5.41, 5.74) is 0.977. The SMILES string of the molecule is COc1ccc(CS)cc1OC(C)=O. The normalized spacial score (nSPS) is 9.64. The molecule has 1 rings (SSSR count). The molecule has 0 saturated heterocycles. The molecule has 1 aromatic carbocycles. The van der Waals surface area contributed by atoms with E-state index in [1.807, 2.05) is 6.07 Å². The van der Waals surface area contributed by atoms with Gasteiger partial charge in [-0.25, -0.2) is 0 Å². The topological polar surface area (TPSA) is 35.5 Å². The highest BCUT2D eigenvalue weighted by Gasteiger charge is 2.07. The Morgan fingerprint density at radius 3 is 2.64 bits per heavy atom. The van der Waals surface area contributed by atoms with Crippen molar-refractivity contribution < 1.29 is 14.3 Å². The number of ether oxygens (including phenoxy) is 2. The minimum absolute atomic E-state index is 0.361. The van der Waals surface area contributed by atoms with Gasteiger partial charge in [0, 0.05) is 12.7 Å². The smallest absolute Gasteiger partial charge is 0.308 e. The lowest BCUT2D eigenvalue weighted by molar-refractivity contribution is -0.132. The molecule has 0 radical (unpaired) electrons. The third kappa shape index (κ3) is 2.67. The Balaban J connectivity index is 3.01. The molecule has 0 saturated carbocycles. The van der Waals surface area contributed by atoms with Crippen molar-refractivity contribution >= 4 is 18.6 Å². The molecule has 0 unspecified atom stereocenters. The van der Waals surface area contributed by atoms with Crippen LogP contribution >= 0.6 is 12.6 Å². The van der Waals surface area contributed by atoms with Crippen molar-refractivity contribution in [3.05, 3.63) is 23.8 Å². The standard InChI is InChI=1S/C10H12O3S/c1-7(11)13-10-5-8(6-14)3-4-9(10)12-2/h3-5,14H,6H2,1-2H3. The molecule has 1 aromatic rings. The van der Waals surface area contributed by atoms with E-state index in [1.54, 1.807) is 12.1 Å². The first-order valence-electron chi connectivity index (χ1n) is 4.13. The summed E-state index contributed by atoms with van der Waals surface area (Å²) >= 11 is 4.13. The molecule has 14 heavy (non-hydrogen) atoms. The molecule has 3 nitrogen and oxygen atoms in total. The molecular formula is C10H12O3S. The highest BCUT2D eigenvalue weighted by Crippen LogP contribution is 2.28. The maximum absolute atomic E-state index is 10.8. The highest BCUT2D eigenvalue weighted by molar-refractivity contribution is 7.79. The number of hydrogen-bond donors (Lipinski definition) is 1. The number of thiol groups is 1. The summed E-state index contributed by atoms with van der Waals surface area (Å²) in [6.07, 6.45) is 0. The van der Waals surface area contributed by atoms with Crippen molar-refractivity contribution in [3.63, 3.8) is 0 Å². The number of hydrogen-bond acceptors (Lipinski definition) is 4. The Morgan fingerprint density at radius 2 is 2.14 bits per heavy atom. The summed E-state index contributed by atoms with van der Waals surface area (Å²) < 4.78 is 10.0. The average Bonchev–Trinajstić information content (AvgIpc) is 2.16. The molecule has 0 atom stereocenters. The van der Waals surface area contributed by atoms with Gasteiger partial charge in [0.2, 0.25) is 0 Å². The zero-order valence-corrected chi connectivity index (χ0v) is 9.01. The molecule has 4 heteroatoms. The van der Waals surface area contributed by atoms with Gasteiger partial charge in [0.15, 0.2) is 11.5 Å².